The van der Waals surface area contributed by atoms with Crippen LogP contribution in [0.5, 0.6) is 0 Å². The molecule has 0 radical (unpaired) electrons. The maximum Gasteiger partial charge on any atom is 0.348 e. The maximum absolute atomic E-state index is 12.0. The molecule has 0 aliphatic carbocycles. The fourth-order valence-electron chi connectivity index (χ4n) is 2.58. The first-order valence-corrected chi connectivity index (χ1v) is 6.53. The molecule has 0 bridgehead atoms. The Morgan fingerprint density at radius 2 is 2.05 bits per heavy atom. The lowest BCUT2D eigenvalue weighted by Crippen LogP contribution is -2.40. The van der Waals surface area contributed by atoms with Gasteiger partial charge in [0.05, 0.1) is 17.7 Å². The molecule has 1 N–H and O–H groups in total. The van der Waals surface area contributed by atoms with Crippen molar-refractivity contribution in [3.05, 3.63) is 35.9 Å². The summed E-state index contributed by atoms with van der Waals surface area (Å²) in [5.74, 6) is 1.25. The van der Waals surface area contributed by atoms with E-state index in [0.717, 1.165) is 22.6 Å². The smallest absolute Gasteiger partial charge is 0.348 e. The molecule has 106 valence electrons. The van der Waals surface area contributed by atoms with Crippen LogP contribution in [0.4, 0.5) is 4.79 Å². The van der Waals surface area contributed by atoms with Crippen molar-refractivity contribution in [2.75, 3.05) is 13.7 Å². The monoisotopic (exact) mass is 283 g/mol. The number of hydrogen-bond donors (Lipinski definition) is 1. The van der Waals surface area contributed by atoms with Gasteiger partial charge in [0.15, 0.2) is 11.6 Å². The number of fused-ring (bicyclic) bond motifs is 2. The van der Waals surface area contributed by atoms with Gasteiger partial charge in [-0.1, -0.05) is 17.4 Å². The van der Waals surface area contributed by atoms with Crippen LogP contribution in [0.25, 0.3) is 16.7 Å². The fourth-order valence-corrected chi connectivity index (χ4v) is 2.58. The van der Waals surface area contributed by atoms with Crippen LogP contribution in [0.15, 0.2) is 40.4 Å². The lowest BCUT2D eigenvalue weighted by atomic mass is 10.3. The molecule has 1 aromatic heterocycles. The van der Waals surface area contributed by atoms with Gasteiger partial charge >= 0.3 is 6.03 Å². The number of nitrogens with zero attached hydrogens (tertiary/aromatic N) is 6. The SMILES string of the molecule is CN1N=NC2=C(c3nc4ccccc4n3C)NCN2C1=O. The number of carbonyl (C=O) groups is 1. The molecule has 2 aliphatic heterocycles. The average molecular weight is 283 g/mol. The third kappa shape index (κ3) is 1.55. The zero-order chi connectivity index (χ0) is 14.6. The van der Waals surface area contributed by atoms with Crippen molar-refractivity contribution in [3.8, 4) is 0 Å². The first kappa shape index (κ1) is 11.9. The molecule has 0 fully saturated rings. The van der Waals surface area contributed by atoms with E-state index in [-0.39, 0.29) is 6.03 Å². The highest BCUT2D eigenvalue weighted by Crippen LogP contribution is 2.29. The van der Waals surface area contributed by atoms with E-state index in [2.05, 4.69) is 20.6 Å². The summed E-state index contributed by atoms with van der Waals surface area (Å²) in [6, 6.07) is 7.67. The number of rotatable bonds is 1. The molecular weight excluding hydrogens is 270 g/mol. The van der Waals surface area contributed by atoms with E-state index in [9.17, 15) is 4.79 Å². The molecule has 21 heavy (non-hydrogen) atoms. The molecule has 2 amide bonds. The van der Waals surface area contributed by atoms with Crippen LogP contribution >= 0.6 is 0 Å². The number of hydrogen-bond acceptors (Lipinski definition) is 5. The molecule has 1 aromatic carbocycles. The first-order chi connectivity index (χ1) is 10.2. The van der Waals surface area contributed by atoms with Crippen LogP contribution in [0.2, 0.25) is 0 Å². The first-order valence-electron chi connectivity index (χ1n) is 6.53. The summed E-state index contributed by atoms with van der Waals surface area (Å²) in [5, 5.41) is 12.4. The zero-order valence-electron chi connectivity index (χ0n) is 11.6. The summed E-state index contributed by atoms with van der Waals surface area (Å²) in [6.07, 6.45) is 0. The van der Waals surface area contributed by atoms with E-state index < -0.39 is 0 Å². The molecule has 4 rings (SSSR count). The van der Waals surface area contributed by atoms with E-state index in [1.807, 2.05) is 35.9 Å². The Morgan fingerprint density at radius 3 is 2.86 bits per heavy atom. The summed E-state index contributed by atoms with van der Waals surface area (Å²) in [6.45, 7) is 0.371. The quantitative estimate of drug-likeness (QED) is 0.861. The van der Waals surface area contributed by atoms with Crippen LogP contribution < -0.4 is 5.32 Å². The minimum Gasteiger partial charge on any atom is -0.361 e. The molecule has 0 atom stereocenters. The predicted molar refractivity (Wildman–Crippen MR) is 75.5 cm³/mol. The topological polar surface area (TPSA) is 78.1 Å². The molecule has 3 heterocycles. The van der Waals surface area contributed by atoms with E-state index in [4.69, 9.17) is 0 Å². The Bertz CT molecular complexity index is 819. The van der Waals surface area contributed by atoms with Gasteiger partial charge in [0.2, 0.25) is 0 Å². The fraction of sp³-hybridized carbons (Fsp3) is 0.231. The highest BCUT2D eigenvalue weighted by molar-refractivity contribution is 5.84. The predicted octanol–water partition coefficient (Wildman–Crippen LogP) is 1.49. The van der Waals surface area contributed by atoms with Gasteiger partial charge < -0.3 is 9.88 Å². The van der Waals surface area contributed by atoms with Crippen molar-refractivity contribution in [3.63, 3.8) is 0 Å². The van der Waals surface area contributed by atoms with Crippen LogP contribution in [-0.2, 0) is 7.05 Å². The van der Waals surface area contributed by atoms with Crippen molar-refractivity contribution in [2.45, 2.75) is 0 Å². The Hall–Kier alpha value is -2.90. The van der Waals surface area contributed by atoms with Crippen molar-refractivity contribution in [1.82, 2.24) is 24.8 Å². The van der Waals surface area contributed by atoms with E-state index >= 15 is 0 Å². The Kier molecular flexibility index (Phi) is 2.29. The van der Waals surface area contributed by atoms with Gasteiger partial charge in [-0.15, -0.1) is 5.11 Å². The molecule has 0 saturated carbocycles. The molecule has 0 saturated heterocycles. The molecule has 8 heteroatoms. The number of aryl methyl sites for hydroxylation is 1. The van der Waals surface area contributed by atoms with Gasteiger partial charge in [0, 0.05) is 14.1 Å². The Balaban J connectivity index is 1.91. The second-order valence-corrected chi connectivity index (χ2v) is 4.94. The third-order valence-corrected chi connectivity index (χ3v) is 3.69. The Labute approximate surface area is 120 Å². The van der Waals surface area contributed by atoms with Crippen LogP contribution in [0.3, 0.4) is 0 Å². The molecule has 2 aliphatic rings. The van der Waals surface area contributed by atoms with Crippen LogP contribution in [-0.4, -0.2) is 39.2 Å². The van der Waals surface area contributed by atoms with Crippen molar-refractivity contribution in [2.24, 2.45) is 17.4 Å². The number of aromatic nitrogens is 2. The lowest BCUT2D eigenvalue weighted by Gasteiger charge is -2.23. The van der Waals surface area contributed by atoms with Gasteiger partial charge in [-0.3, -0.25) is 4.90 Å². The summed E-state index contributed by atoms with van der Waals surface area (Å²) < 4.78 is 1.98. The summed E-state index contributed by atoms with van der Waals surface area (Å²) in [4.78, 5) is 18.2. The third-order valence-electron chi connectivity index (χ3n) is 3.69. The van der Waals surface area contributed by atoms with Gasteiger partial charge in [0.25, 0.3) is 0 Å². The standard InChI is InChI=1S/C13H13N7O/c1-18-9-6-4-3-5-8(9)15-11(18)10-12-16-17-19(2)13(21)20(12)7-14-10/h3-6,14H,7H2,1-2H3. The number of urea groups is 1. The second kappa shape index (κ2) is 4.05. The lowest BCUT2D eigenvalue weighted by molar-refractivity contribution is 0.165. The Morgan fingerprint density at radius 1 is 1.24 bits per heavy atom. The van der Waals surface area contributed by atoms with Crippen LogP contribution in [0.1, 0.15) is 5.82 Å². The van der Waals surface area contributed by atoms with Crippen molar-refractivity contribution in [1.29, 1.82) is 0 Å². The average Bonchev–Trinajstić information content (AvgIpc) is 3.05. The van der Waals surface area contributed by atoms with E-state index in [1.54, 1.807) is 11.9 Å². The minimum atomic E-state index is -0.207. The number of imidazole rings is 1. The number of para-hydroxylation sites is 2. The van der Waals surface area contributed by atoms with Gasteiger partial charge in [0.1, 0.15) is 5.70 Å². The highest BCUT2D eigenvalue weighted by atomic mass is 16.2. The van der Waals surface area contributed by atoms with Crippen molar-refractivity contribution < 1.29 is 4.79 Å². The number of amides is 2. The molecule has 2 aromatic rings. The molecular formula is C13H13N7O. The highest BCUT2D eigenvalue weighted by Gasteiger charge is 2.35. The number of benzene rings is 1. The number of nitrogens with one attached hydrogen (secondary N) is 1. The molecule has 0 spiro atoms. The summed E-state index contributed by atoms with van der Waals surface area (Å²) >= 11 is 0. The molecule has 0 unspecified atom stereocenters. The van der Waals surface area contributed by atoms with E-state index in [1.165, 1.54) is 5.01 Å². The maximum atomic E-state index is 12.0. The summed E-state index contributed by atoms with van der Waals surface area (Å²) in [7, 11) is 3.52. The summed E-state index contributed by atoms with van der Waals surface area (Å²) in [5.41, 5.74) is 2.65. The van der Waals surface area contributed by atoms with E-state index in [0.29, 0.717) is 12.5 Å². The van der Waals surface area contributed by atoms with Gasteiger partial charge in [-0.25, -0.2) is 9.78 Å². The largest absolute Gasteiger partial charge is 0.361 e. The van der Waals surface area contributed by atoms with Crippen molar-refractivity contribution >= 4 is 22.8 Å². The zero-order valence-corrected chi connectivity index (χ0v) is 11.6. The number of carbonyl (C=O) groups excluding carboxylic acids is 1. The normalized spacial score (nSPS) is 17.7. The van der Waals surface area contributed by atoms with Crippen LogP contribution in [0, 0.1) is 0 Å². The van der Waals surface area contributed by atoms with Gasteiger partial charge in [-0.2, -0.15) is 5.01 Å². The van der Waals surface area contributed by atoms with Gasteiger partial charge in [-0.05, 0) is 12.1 Å². The second-order valence-electron chi connectivity index (χ2n) is 4.94. The molecule has 8 nitrogen and oxygen atoms in total. The minimum absolute atomic E-state index is 0.207.